The molecule has 1 atom stereocenters. The summed E-state index contributed by atoms with van der Waals surface area (Å²) in [6, 6.07) is 9.05. The average Bonchev–Trinajstić information content (AvgIpc) is 2.89. The highest BCUT2D eigenvalue weighted by atomic mass is 127. The molecule has 5 heteroatoms. The summed E-state index contributed by atoms with van der Waals surface area (Å²) >= 11 is 3.82. The Morgan fingerprint density at radius 2 is 2.15 bits per heavy atom. The molecule has 0 aliphatic carbocycles. The summed E-state index contributed by atoms with van der Waals surface area (Å²) in [5, 5.41) is 5.45. The number of hydrogen-bond acceptors (Lipinski definition) is 3. The van der Waals surface area contributed by atoms with Crippen LogP contribution in [0.4, 0.5) is 10.1 Å². The van der Waals surface area contributed by atoms with Gasteiger partial charge in [0.2, 0.25) is 0 Å². The first-order chi connectivity index (χ1) is 9.63. The van der Waals surface area contributed by atoms with Crippen molar-refractivity contribution in [1.29, 1.82) is 0 Å². The fourth-order valence-corrected chi connectivity index (χ4v) is 3.44. The van der Waals surface area contributed by atoms with E-state index in [1.807, 2.05) is 17.6 Å². The van der Waals surface area contributed by atoms with Crippen LogP contribution in [0, 0.1) is 9.39 Å². The van der Waals surface area contributed by atoms with Crippen molar-refractivity contribution in [2.75, 3.05) is 5.32 Å². The van der Waals surface area contributed by atoms with Gasteiger partial charge in [-0.3, -0.25) is 4.98 Å². The van der Waals surface area contributed by atoms with Gasteiger partial charge in [0.1, 0.15) is 5.82 Å². The van der Waals surface area contributed by atoms with Crippen LogP contribution in [0.25, 0.3) is 10.2 Å². The molecule has 0 aliphatic heterocycles. The van der Waals surface area contributed by atoms with Gasteiger partial charge in [-0.25, -0.2) is 4.39 Å². The van der Waals surface area contributed by atoms with Crippen molar-refractivity contribution >= 4 is 49.8 Å². The molecule has 0 spiro atoms. The average molecular weight is 398 g/mol. The van der Waals surface area contributed by atoms with Gasteiger partial charge in [0.25, 0.3) is 0 Å². The van der Waals surface area contributed by atoms with E-state index in [1.165, 1.54) is 16.8 Å². The second kappa shape index (κ2) is 5.65. The Morgan fingerprint density at radius 1 is 1.30 bits per heavy atom. The van der Waals surface area contributed by atoms with Gasteiger partial charge < -0.3 is 5.32 Å². The number of thiophene rings is 1. The van der Waals surface area contributed by atoms with Gasteiger partial charge in [0, 0.05) is 15.5 Å². The normalized spacial score (nSPS) is 12.6. The lowest BCUT2D eigenvalue weighted by atomic mass is 10.1. The van der Waals surface area contributed by atoms with E-state index in [4.69, 9.17) is 0 Å². The number of rotatable bonds is 3. The molecule has 1 unspecified atom stereocenters. The third kappa shape index (κ3) is 2.78. The molecule has 2 heterocycles. The molecule has 3 aromatic rings. The maximum atomic E-state index is 13.1. The molecular formula is C15H12FIN2S. The molecule has 0 saturated carbocycles. The summed E-state index contributed by atoms with van der Waals surface area (Å²) in [4.78, 5) is 4.45. The van der Waals surface area contributed by atoms with Crippen LogP contribution in [0.15, 0.2) is 41.9 Å². The molecule has 0 saturated heterocycles. The van der Waals surface area contributed by atoms with Crippen LogP contribution in [0.3, 0.4) is 0 Å². The lowest BCUT2D eigenvalue weighted by Crippen LogP contribution is -2.08. The Labute approximate surface area is 134 Å². The topological polar surface area (TPSA) is 24.9 Å². The first kappa shape index (κ1) is 13.8. The number of aromatic nitrogens is 1. The number of hydrogen-bond donors (Lipinski definition) is 1. The fraction of sp³-hybridized carbons (Fsp3) is 0.133. The van der Waals surface area contributed by atoms with Crippen molar-refractivity contribution in [2.45, 2.75) is 13.0 Å². The summed E-state index contributed by atoms with van der Waals surface area (Å²) in [6.45, 7) is 2.08. The zero-order valence-electron chi connectivity index (χ0n) is 10.7. The molecule has 3 rings (SSSR count). The van der Waals surface area contributed by atoms with Crippen LogP contribution in [-0.2, 0) is 0 Å². The Balaban J connectivity index is 1.86. The number of benzene rings is 1. The maximum Gasteiger partial charge on any atom is 0.124 e. The van der Waals surface area contributed by atoms with Crippen LogP contribution in [-0.4, -0.2) is 4.98 Å². The quantitative estimate of drug-likeness (QED) is 0.613. The van der Waals surface area contributed by atoms with Crippen molar-refractivity contribution < 1.29 is 4.39 Å². The van der Waals surface area contributed by atoms with Crippen molar-refractivity contribution in [1.82, 2.24) is 4.98 Å². The highest BCUT2D eigenvalue weighted by Gasteiger charge is 2.09. The Hall–Kier alpha value is -1.21. The third-order valence-corrected chi connectivity index (χ3v) is 4.87. The van der Waals surface area contributed by atoms with E-state index in [-0.39, 0.29) is 11.9 Å². The van der Waals surface area contributed by atoms with Crippen molar-refractivity contribution in [3.63, 3.8) is 0 Å². The highest BCUT2D eigenvalue weighted by molar-refractivity contribution is 14.1. The summed E-state index contributed by atoms with van der Waals surface area (Å²) < 4.78 is 15.2. The third-order valence-electron chi connectivity index (χ3n) is 3.13. The lowest BCUT2D eigenvalue weighted by Gasteiger charge is -2.16. The summed E-state index contributed by atoms with van der Waals surface area (Å²) in [5.41, 5.74) is 3.09. The van der Waals surface area contributed by atoms with E-state index < -0.39 is 0 Å². The van der Waals surface area contributed by atoms with Crippen molar-refractivity contribution in [3.8, 4) is 0 Å². The molecule has 0 aliphatic rings. The van der Waals surface area contributed by atoms with E-state index in [0.29, 0.717) is 0 Å². The largest absolute Gasteiger partial charge is 0.378 e. The van der Waals surface area contributed by atoms with Gasteiger partial charge in [-0.15, -0.1) is 11.3 Å². The standard InChI is InChI=1S/C15H12FIN2S/c1-9(19-13-3-2-11(16)7-12(13)17)10-6-15-14(18-8-10)4-5-20-15/h2-9,19H,1H3. The number of fused-ring (bicyclic) bond motifs is 1. The first-order valence-corrected chi connectivity index (χ1v) is 8.14. The van der Waals surface area contributed by atoms with Crippen molar-refractivity contribution in [3.05, 3.63) is 56.9 Å². The smallest absolute Gasteiger partial charge is 0.124 e. The Morgan fingerprint density at radius 3 is 2.95 bits per heavy atom. The van der Waals surface area contributed by atoms with Crippen LogP contribution >= 0.6 is 33.9 Å². The van der Waals surface area contributed by atoms with Gasteiger partial charge in [0.05, 0.1) is 16.3 Å². The molecule has 2 nitrogen and oxygen atoms in total. The molecule has 1 aromatic carbocycles. The molecule has 102 valence electrons. The Kier molecular flexibility index (Phi) is 3.89. The van der Waals surface area contributed by atoms with Gasteiger partial charge in [-0.2, -0.15) is 0 Å². The summed E-state index contributed by atoms with van der Waals surface area (Å²) in [7, 11) is 0. The van der Waals surface area contributed by atoms with Gasteiger partial charge in [-0.05, 0) is 70.8 Å². The predicted octanol–water partition coefficient (Wildman–Crippen LogP) is 5.21. The summed E-state index contributed by atoms with van der Waals surface area (Å²) in [5.74, 6) is -0.214. The Bertz CT molecular complexity index is 756. The lowest BCUT2D eigenvalue weighted by molar-refractivity contribution is 0.627. The van der Waals surface area contributed by atoms with Crippen LogP contribution in [0.1, 0.15) is 18.5 Å². The molecule has 1 N–H and O–H groups in total. The van der Waals surface area contributed by atoms with Crippen LogP contribution in [0.2, 0.25) is 0 Å². The number of anilines is 1. The first-order valence-electron chi connectivity index (χ1n) is 6.18. The van der Waals surface area contributed by atoms with Crippen molar-refractivity contribution in [2.24, 2.45) is 0 Å². The predicted molar refractivity (Wildman–Crippen MR) is 90.8 cm³/mol. The minimum atomic E-state index is -0.214. The van der Waals surface area contributed by atoms with Gasteiger partial charge in [-0.1, -0.05) is 0 Å². The van der Waals surface area contributed by atoms with Gasteiger partial charge >= 0.3 is 0 Å². The van der Waals surface area contributed by atoms with E-state index >= 15 is 0 Å². The zero-order chi connectivity index (χ0) is 14.1. The zero-order valence-corrected chi connectivity index (χ0v) is 13.7. The van der Waals surface area contributed by atoms with E-state index in [2.05, 4.69) is 45.9 Å². The van der Waals surface area contributed by atoms with E-state index in [9.17, 15) is 4.39 Å². The number of nitrogens with one attached hydrogen (secondary N) is 1. The van der Waals surface area contributed by atoms with E-state index in [0.717, 1.165) is 20.3 Å². The maximum absolute atomic E-state index is 13.1. The molecule has 0 radical (unpaired) electrons. The second-order valence-corrected chi connectivity index (χ2v) is 6.67. The van der Waals surface area contributed by atoms with E-state index in [1.54, 1.807) is 17.4 Å². The second-order valence-electron chi connectivity index (χ2n) is 4.56. The minimum Gasteiger partial charge on any atom is -0.378 e. The molecule has 20 heavy (non-hydrogen) atoms. The molecular weight excluding hydrogens is 386 g/mol. The monoisotopic (exact) mass is 398 g/mol. The molecule has 0 amide bonds. The highest BCUT2D eigenvalue weighted by Crippen LogP contribution is 2.27. The fourth-order valence-electron chi connectivity index (χ4n) is 2.02. The number of halogens is 2. The number of pyridine rings is 1. The SMILES string of the molecule is CC(Nc1ccc(F)cc1I)c1cnc2ccsc2c1. The van der Waals surface area contributed by atoms with Gasteiger partial charge in [0.15, 0.2) is 0 Å². The molecule has 0 bridgehead atoms. The molecule has 2 aromatic heterocycles. The number of nitrogens with zero attached hydrogens (tertiary/aromatic N) is 1. The van der Waals surface area contributed by atoms with Crippen LogP contribution in [0.5, 0.6) is 0 Å². The minimum absolute atomic E-state index is 0.118. The van der Waals surface area contributed by atoms with Crippen LogP contribution < -0.4 is 5.32 Å². The summed E-state index contributed by atoms with van der Waals surface area (Å²) in [6.07, 6.45) is 1.89. The molecule has 0 fully saturated rings.